The largest absolute Gasteiger partial charge is 0.394 e. The number of hydrogen-bond acceptors (Lipinski definition) is 4. The van der Waals surface area contributed by atoms with Crippen LogP contribution in [0, 0.1) is 6.92 Å². The van der Waals surface area contributed by atoms with Crippen molar-refractivity contribution in [2.24, 2.45) is 0 Å². The highest BCUT2D eigenvalue weighted by Gasteiger charge is 2.34. The number of ether oxygens (including phenoxy) is 1. The van der Waals surface area contributed by atoms with Crippen LogP contribution in [0.3, 0.4) is 0 Å². The average molecular weight is 256 g/mol. The number of aliphatic hydroxyl groups is 2. The minimum absolute atomic E-state index is 0.147. The molecule has 2 rings (SSSR count). The Bertz CT molecular complexity index is 365. The lowest BCUT2D eigenvalue weighted by atomic mass is 10.2. The summed E-state index contributed by atoms with van der Waals surface area (Å²) in [5.74, 6) is 0. The quantitative estimate of drug-likeness (QED) is 0.858. The highest BCUT2D eigenvalue weighted by molar-refractivity contribution is 5.11. The molecule has 1 aliphatic rings. The minimum atomic E-state index is -0.595. The molecule has 0 amide bonds. The Kier molecular flexibility index (Phi) is 5.78. The van der Waals surface area contributed by atoms with Crippen molar-refractivity contribution in [3.05, 3.63) is 17.7 Å². The topological polar surface area (TPSA) is 67.5 Å². The van der Waals surface area contributed by atoms with Gasteiger partial charge in [-0.15, -0.1) is 0 Å². The van der Waals surface area contributed by atoms with E-state index in [9.17, 15) is 5.11 Å². The monoisotopic (exact) mass is 256 g/mol. The highest BCUT2D eigenvalue weighted by atomic mass is 16.5. The van der Waals surface area contributed by atoms with Crippen LogP contribution in [0.2, 0.25) is 0 Å². The molecule has 18 heavy (non-hydrogen) atoms. The van der Waals surface area contributed by atoms with Gasteiger partial charge in [-0.1, -0.05) is 20.8 Å². The van der Waals surface area contributed by atoms with Crippen LogP contribution in [0.1, 0.15) is 44.8 Å². The van der Waals surface area contributed by atoms with Crippen LogP contribution < -0.4 is 0 Å². The molecule has 0 radical (unpaired) electrons. The third-order valence-electron chi connectivity index (χ3n) is 3.17. The summed E-state index contributed by atoms with van der Waals surface area (Å²) >= 11 is 0. The second kappa shape index (κ2) is 6.87. The molecule has 0 spiro atoms. The normalized spacial score (nSPS) is 26.9. The Balaban J connectivity index is 0.000000771. The lowest BCUT2D eigenvalue weighted by Crippen LogP contribution is -2.24. The van der Waals surface area contributed by atoms with Gasteiger partial charge in [0.05, 0.1) is 24.7 Å². The van der Waals surface area contributed by atoms with Crippen molar-refractivity contribution in [2.75, 3.05) is 6.61 Å². The van der Waals surface area contributed by atoms with Gasteiger partial charge in [-0.25, -0.2) is 4.98 Å². The number of hydrogen-bond donors (Lipinski definition) is 2. The molecule has 1 aromatic rings. The van der Waals surface area contributed by atoms with E-state index in [2.05, 4.69) is 11.9 Å². The van der Waals surface area contributed by atoms with Crippen molar-refractivity contribution in [3.63, 3.8) is 0 Å². The molecule has 0 aromatic carbocycles. The fourth-order valence-electron chi connectivity index (χ4n) is 2.15. The van der Waals surface area contributed by atoms with Gasteiger partial charge >= 0.3 is 0 Å². The van der Waals surface area contributed by atoms with Gasteiger partial charge in [0.25, 0.3) is 0 Å². The molecule has 2 heterocycles. The van der Waals surface area contributed by atoms with Crippen LogP contribution in [0.25, 0.3) is 0 Å². The summed E-state index contributed by atoms with van der Waals surface area (Å²) in [6, 6.07) is 0. The number of rotatable bonds is 3. The van der Waals surface area contributed by atoms with Gasteiger partial charge in [0, 0.05) is 12.1 Å². The molecule has 2 N–H and O–H groups in total. The van der Waals surface area contributed by atoms with Crippen LogP contribution in [0.4, 0.5) is 0 Å². The van der Waals surface area contributed by atoms with E-state index in [0.29, 0.717) is 6.42 Å². The lowest BCUT2D eigenvalue weighted by molar-refractivity contribution is -0.0449. The molecule has 5 nitrogen and oxygen atoms in total. The van der Waals surface area contributed by atoms with E-state index in [-0.39, 0.29) is 12.8 Å². The summed E-state index contributed by atoms with van der Waals surface area (Å²) in [6.45, 7) is 7.90. The maximum absolute atomic E-state index is 9.66. The summed E-state index contributed by atoms with van der Waals surface area (Å²) in [4.78, 5) is 4.29. The first-order valence-corrected chi connectivity index (χ1v) is 6.64. The summed E-state index contributed by atoms with van der Waals surface area (Å²) < 4.78 is 7.50. The van der Waals surface area contributed by atoms with Crippen LogP contribution in [-0.2, 0) is 11.2 Å². The Morgan fingerprint density at radius 2 is 2.17 bits per heavy atom. The van der Waals surface area contributed by atoms with Crippen LogP contribution in [0.15, 0.2) is 6.33 Å². The average Bonchev–Trinajstić information content (AvgIpc) is 2.94. The predicted octanol–water partition coefficient (Wildman–Crippen LogP) is 1.42. The maximum atomic E-state index is 9.66. The summed E-state index contributed by atoms with van der Waals surface area (Å²) in [6.07, 6.45) is 1.85. The zero-order valence-corrected chi connectivity index (χ0v) is 11.6. The van der Waals surface area contributed by atoms with E-state index in [4.69, 9.17) is 9.84 Å². The maximum Gasteiger partial charge on any atom is 0.138 e. The molecule has 3 unspecified atom stereocenters. The number of imidazole rings is 1. The van der Waals surface area contributed by atoms with Crippen molar-refractivity contribution in [2.45, 2.75) is 59.0 Å². The molecule has 0 saturated carbocycles. The zero-order chi connectivity index (χ0) is 13.7. The number of aryl methyl sites for hydroxylation is 1. The Morgan fingerprint density at radius 3 is 2.61 bits per heavy atom. The summed E-state index contributed by atoms with van der Waals surface area (Å²) in [7, 11) is 0. The van der Waals surface area contributed by atoms with E-state index in [1.807, 2.05) is 25.3 Å². The van der Waals surface area contributed by atoms with Crippen molar-refractivity contribution < 1.29 is 14.9 Å². The van der Waals surface area contributed by atoms with Crippen molar-refractivity contribution >= 4 is 0 Å². The molecule has 0 bridgehead atoms. The van der Waals surface area contributed by atoms with Crippen LogP contribution in [0.5, 0.6) is 0 Å². The molecule has 3 atom stereocenters. The van der Waals surface area contributed by atoms with E-state index in [0.717, 1.165) is 17.8 Å². The highest BCUT2D eigenvalue weighted by Crippen LogP contribution is 2.30. The standard InChI is InChI=1S/C11H18N2O3.C2H6/c1-3-8-7(2)13(6-12-8)11-4-9(15)10(5-14)16-11;1-2/h6,9-11,14-15H,3-5H2,1-2H3;1-2H3. The molecular weight excluding hydrogens is 232 g/mol. The molecule has 104 valence electrons. The van der Waals surface area contributed by atoms with E-state index in [1.165, 1.54) is 0 Å². The van der Waals surface area contributed by atoms with Crippen LogP contribution in [-0.4, -0.2) is 38.6 Å². The molecule has 5 heteroatoms. The second-order valence-corrected chi connectivity index (χ2v) is 4.15. The summed E-state index contributed by atoms with van der Waals surface area (Å²) in [5.41, 5.74) is 2.11. The molecule has 1 aromatic heterocycles. The van der Waals surface area contributed by atoms with Gasteiger partial charge in [0.1, 0.15) is 12.3 Å². The Labute approximate surface area is 108 Å². The van der Waals surface area contributed by atoms with E-state index in [1.54, 1.807) is 6.33 Å². The van der Waals surface area contributed by atoms with Gasteiger partial charge in [-0.3, -0.25) is 0 Å². The smallest absolute Gasteiger partial charge is 0.138 e. The first kappa shape index (κ1) is 15.1. The van der Waals surface area contributed by atoms with E-state index < -0.39 is 12.2 Å². The predicted molar refractivity (Wildman–Crippen MR) is 69.3 cm³/mol. The second-order valence-electron chi connectivity index (χ2n) is 4.15. The third kappa shape index (κ3) is 2.91. The van der Waals surface area contributed by atoms with Gasteiger partial charge < -0.3 is 19.5 Å². The molecule has 1 saturated heterocycles. The third-order valence-corrected chi connectivity index (χ3v) is 3.17. The fourth-order valence-corrected chi connectivity index (χ4v) is 2.15. The SMILES string of the molecule is CC.CCc1ncn(C2CC(O)C(CO)O2)c1C. The molecule has 1 aliphatic heterocycles. The number of aliphatic hydroxyl groups excluding tert-OH is 2. The van der Waals surface area contributed by atoms with Crippen molar-refractivity contribution in [1.82, 2.24) is 9.55 Å². The zero-order valence-electron chi connectivity index (χ0n) is 11.6. The van der Waals surface area contributed by atoms with Gasteiger partial charge in [0.2, 0.25) is 0 Å². The fraction of sp³-hybridized carbons (Fsp3) is 0.769. The first-order valence-electron chi connectivity index (χ1n) is 6.64. The minimum Gasteiger partial charge on any atom is -0.394 e. The van der Waals surface area contributed by atoms with Crippen molar-refractivity contribution in [3.8, 4) is 0 Å². The van der Waals surface area contributed by atoms with Gasteiger partial charge in [-0.05, 0) is 13.3 Å². The lowest BCUT2D eigenvalue weighted by Gasteiger charge is -2.14. The van der Waals surface area contributed by atoms with Crippen LogP contribution >= 0.6 is 0 Å². The Hall–Kier alpha value is -0.910. The number of nitrogens with zero attached hydrogens (tertiary/aromatic N) is 2. The van der Waals surface area contributed by atoms with Crippen molar-refractivity contribution in [1.29, 1.82) is 0 Å². The molecule has 0 aliphatic carbocycles. The van der Waals surface area contributed by atoms with Gasteiger partial charge in [-0.2, -0.15) is 0 Å². The molecule has 1 fully saturated rings. The summed E-state index contributed by atoms with van der Waals surface area (Å²) in [5, 5.41) is 18.7. The first-order chi connectivity index (χ1) is 8.67. The number of aromatic nitrogens is 2. The Morgan fingerprint density at radius 1 is 1.50 bits per heavy atom. The molecular formula is C13H24N2O3. The van der Waals surface area contributed by atoms with Gasteiger partial charge in [0.15, 0.2) is 0 Å². The van der Waals surface area contributed by atoms with E-state index >= 15 is 0 Å².